The van der Waals surface area contributed by atoms with Crippen LogP contribution in [0.15, 0.2) is 71.3 Å². The van der Waals surface area contributed by atoms with E-state index < -0.39 is 0 Å². The van der Waals surface area contributed by atoms with Crippen LogP contribution in [0.4, 0.5) is 5.95 Å². The Hall–Kier alpha value is -3.91. The average molecular weight is 459 g/mol. The molecule has 1 aliphatic rings. The Morgan fingerprint density at radius 1 is 0.939 bits per heavy atom. The zero-order valence-corrected chi connectivity index (χ0v) is 18.3. The second-order valence-electron chi connectivity index (χ2n) is 7.88. The molecular formula is C24H19ClN6O2. The summed E-state index contributed by atoms with van der Waals surface area (Å²) >= 11 is 6.25. The van der Waals surface area contributed by atoms with Crippen molar-refractivity contribution in [1.82, 2.24) is 24.5 Å². The minimum Gasteiger partial charge on any atom is -0.461 e. The highest BCUT2D eigenvalue weighted by molar-refractivity contribution is 6.31. The lowest BCUT2D eigenvalue weighted by atomic mass is 10.2. The van der Waals surface area contributed by atoms with Gasteiger partial charge in [-0.3, -0.25) is 4.79 Å². The summed E-state index contributed by atoms with van der Waals surface area (Å²) in [6, 6.07) is 18.6. The Labute approximate surface area is 194 Å². The summed E-state index contributed by atoms with van der Waals surface area (Å²) in [5, 5.41) is 10.3. The van der Waals surface area contributed by atoms with Gasteiger partial charge in [0, 0.05) is 42.2 Å². The monoisotopic (exact) mass is 458 g/mol. The summed E-state index contributed by atoms with van der Waals surface area (Å²) in [6.07, 6.45) is 1.61. The van der Waals surface area contributed by atoms with Gasteiger partial charge in [-0.1, -0.05) is 29.8 Å². The summed E-state index contributed by atoms with van der Waals surface area (Å²) < 4.78 is 7.53. The van der Waals surface area contributed by atoms with Crippen LogP contribution in [0.25, 0.3) is 28.1 Å². The second-order valence-corrected chi connectivity index (χ2v) is 8.31. The fourth-order valence-electron chi connectivity index (χ4n) is 4.24. The molecule has 4 heterocycles. The average Bonchev–Trinajstić information content (AvgIpc) is 3.54. The predicted molar refractivity (Wildman–Crippen MR) is 126 cm³/mol. The number of rotatable bonds is 3. The Kier molecular flexibility index (Phi) is 4.73. The van der Waals surface area contributed by atoms with Crippen molar-refractivity contribution in [3.63, 3.8) is 0 Å². The fraction of sp³-hybridized carbons (Fsp3) is 0.167. The summed E-state index contributed by atoms with van der Waals surface area (Å²) in [6.45, 7) is 2.43. The summed E-state index contributed by atoms with van der Waals surface area (Å²) in [4.78, 5) is 21.8. The maximum Gasteiger partial charge on any atom is 0.253 e. The van der Waals surface area contributed by atoms with E-state index in [-0.39, 0.29) is 5.91 Å². The number of nitrogens with zero attached hydrogens (tertiary/aromatic N) is 6. The molecule has 1 aliphatic heterocycles. The largest absolute Gasteiger partial charge is 0.461 e. The van der Waals surface area contributed by atoms with Crippen molar-refractivity contribution in [2.24, 2.45) is 0 Å². The fourth-order valence-corrected chi connectivity index (χ4v) is 4.41. The van der Waals surface area contributed by atoms with Crippen LogP contribution in [0.5, 0.6) is 0 Å². The Bertz CT molecular complexity index is 1460. The van der Waals surface area contributed by atoms with Gasteiger partial charge in [-0.15, -0.1) is 10.2 Å². The van der Waals surface area contributed by atoms with Crippen molar-refractivity contribution in [2.75, 3.05) is 31.1 Å². The molecule has 1 amide bonds. The maximum absolute atomic E-state index is 12.9. The highest BCUT2D eigenvalue weighted by Gasteiger charge is 2.27. The van der Waals surface area contributed by atoms with E-state index in [1.54, 1.807) is 6.26 Å². The van der Waals surface area contributed by atoms with Crippen LogP contribution < -0.4 is 4.90 Å². The van der Waals surface area contributed by atoms with Crippen LogP contribution in [0, 0.1) is 0 Å². The van der Waals surface area contributed by atoms with Gasteiger partial charge >= 0.3 is 0 Å². The normalized spacial score (nSPS) is 14.3. The van der Waals surface area contributed by atoms with Gasteiger partial charge in [-0.05, 0) is 42.5 Å². The molecule has 2 aromatic carbocycles. The number of carbonyl (C=O) groups excluding carboxylic acids is 1. The number of amides is 1. The van der Waals surface area contributed by atoms with E-state index in [1.165, 1.54) is 0 Å². The van der Waals surface area contributed by atoms with Gasteiger partial charge in [0.15, 0.2) is 11.4 Å². The van der Waals surface area contributed by atoms with Crippen LogP contribution >= 0.6 is 11.6 Å². The van der Waals surface area contributed by atoms with Gasteiger partial charge in [0.2, 0.25) is 11.8 Å². The number of carbonyl (C=O) groups is 1. The van der Waals surface area contributed by atoms with E-state index >= 15 is 0 Å². The molecule has 8 nitrogen and oxygen atoms in total. The molecule has 0 atom stereocenters. The number of halogens is 1. The molecule has 9 heteroatoms. The first-order valence-corrected chi connectivity index (χ1v) is 11.0. The van der Waals surface area contributed by atoms with E-state index in [1.807, 2.05) is 70.0 Å². The number of hydrogen-bond donors (Lipinski definition) is 0. The first-order chi connectivity index (χ1) is 16.2. The zero-order valence-electron chi connectivity index (χ0n) is 17.6. The van der Waals surface area contributed by atoms with Crippen molar-refractivity contribution in [3.8, 4) is 11.6 Å². The molecule has 0 unspecified atom stereocenters. The Morgan fingerprint density at radius 2 is 1.76 bits per heavy atom. The topological polar surface area (TPSA) is 79.8 Å². The zero-order chi connectivity index (χ0) is 22.4. The third-order valence-corrected chi connectivity index (χ3v) is 6.13. The molecule has 6 rings (SSSR count). The van der Waals surface area contributed by atoms with Crippen LogP contribution in [0.3, 0.4) is 0 Å². The van der Waals surface area contributed by atoms with Gasteiger partial charge in [-0.2, -0.15) is 0 Å². The molecule has 1 saturated heterocycles. The molecule has 3 aromatic heterocycles. The minimum absolute atomic E-state index is 0.0409. The van der Waals surface area contributed by atoms with E-state index in [2.05, 4.69) is 15.1 Å². The molecule has 0 spiro atoms. The van der Waals surface area contributed by atoms with Crippen LogP contribution in [0.2, 0.25) is 5.02 Å². The maximum atomic E-state index is 12.9. The third-order valence-electron chi connectivity index (χ3n) is 5.90. The Balaban J connectivity index is 1.40. The Morgan fingerprint density at radius 3 is 2.52 bits per heavy atom. The molecule has 5 aromatic rings. The van der Waals surface area contributed by atoms with Crippen molar-refractivity contribution in [3.05, 3.63) is 77.5 Å². The van der Waals surface area contributed by atoms with Gasteiger partial charge in [-0.25, -0.2) is 9.38 Å². The molecule has 1 fully saturated rings. The molecule has 0 N–H and O–H groups in total. The van der Waals surface area contributed by atoms with Gasteiger partial charge in [0.1, 0.15) is 0 Å². The van der Waals surface area contributed by atoms with Crippen molar-refractivity contribution >= 4 is 40.0 Å². The molecule has 0 saturated carbocycles. The molecule has 164 valence electrons. The van der Waals surface area contributed by atoms with E-state index in [9.17, 15) is 4.79 Å². The highest BCUT2D eigenvalue weighted by Crippen LogP contribution is 2.30. The quantitative estimate of drug-likeness (QED) is 0.404. The number of anilines is 1. The number of benzene rings is 2. The summed E-state index contributed by atoms with van der Waals surface area (Å²) in [5.74, 6) is 1.93. The standard InChI is InChI=1S/C24H19ClN6O2/c25-17-8-9-18-19(15-17)26-24(31-21(18)27-28-22(31)20-7-4-14-33-20)30-12-10-29(11-13-30)23(32)16-5-2-1-3-6-16/h1-9,14-15H,10-13H2. The first kappa shape index (κ1) is 19.8. The van der Waals surface area contributed by atoms with Crippen molar-refractivity contribution < 1.29 is 9.21 Å². The number of piperazine rings is 1. The SMILES string of the molecule is O=C(c1ccccc1)N1CCN(c2nc3cc(Cl)ccc3c3nnc(-c4ccco4)n23)CC1. The molecule has 0 radical (unpaired) electrons. The second kappa shape index (κ2) is 7.90. The highest BCUT2D eigenvalue weighted by atomic mass is 35.5. The van der Waals surface area contributed by atoms with Gasteiger partial charge < -0.3 is 14.2 Å². The van der Waals surface area contributed by atoms with Crippen LogP contribution in [-0.2, 0) is 0 Å². The third kappa shape index (κ3) is 3.39. The predicted octanol–water partition coefficient (Wildman–Crippen LogP) is 4.15. The van der Waals surface area contributed by atoms with Gasteiger partial charge in [0.05, 0.1) is 11.8 Å². The first-order valence-electron chi connectivity index (χ1n) is 10.7. The van der Waals surface area contributed by atoms with Crippen molar-refractivity contribution in [1.29, 1.82) is 0 Å². The van der Waals surface area contributed by atoms with E-state index in [0.717, 1.165) is 10.9 Å². The summed E-state index contributed by atoms with van der Waals surface area (Å²) in [7, 11) is 0. The van der Waals surface area contributed by atoms with Crippen LogP contribution in [0.1, 0.15) is 10.4 Å². The minimum atomic E-state index is 0.0409. The van der Waals surface area contributed by atoms with E-state index in [4.69, 9.17) is 21.0 Å². The number of furan rings is 1. The molecule has 0 bridgehead atoms. The smallest absolute Gasteiger partial charge is 0.253 e. The van der Waals surface area contributed by atoms with Gasteiger partial charge in [0.25, 0.3) is 5.91 Å². The lowest BCUT2D eigenvalue weighted by molar-refractivity contribution is 0.0746. The molecular weight excluding hydrogens is 440 g/mol. The number of aromatic nitrogens is 4. The van der Waals surface area contributed by atoms with Crippen LogP contribution in [-0.4, -0.2) is 56.6 Å². The summed E-state index contributed by atoms with van der Waals surface area (Å²) in [5.41, 5.74) is 2.12. The number of fused-ring (bicyclic) bond motifs is 3. The van der Waals surface area contributed by atoms with Crippen molar-refractivity contribution in [2.45, 2.75) is 0 Å². The lowest BCUT2D eigenvalue weighted by Crippen LogP contribution is -2.49. The molecule has 0 aliphatic carbocycles. The molecule has 33 heavy (non-hydrogen) atoms. The lowest BCUT2D eigenvalue weighted by Gasteiger charge is -2.35. The number of hydrogen-bond acceptors (Lipinski definition) is 6. The van der Waals surface area contributed by atoms with E-state index in [0.29, 0.717) is 59.9 Å².